The Kier molecular flexibility index (Phi) is 4.81. The first kappa shape index (κ1) is 18.7. The van der Waals surface area contributed by atoms with Crippen molar-refractivity contribution in [2.75, 3.05) is 5.32 Å². The Bertz CT molecular complexity index is 960. The van der Waals surface area contributed by atoms with Crippen LogP contribution in [0, 0.1) is 17.5 Å². The number of halogens is 6. The maximum absolute atomic E-state index is 14.3. The minimum Gasteiger partial charge on any atom is -0.378 e. The van der Waals surface area contributed by atoms with E-state index in [0.29, 0.717) is 0 Å². The van der Waals surface area contributed by atoms with E-state index in [1.807, 2.05) is 0 Å². The van der Waals surface area contributed by atoms with Gasteiger partial charge in [0.25, 0.3) is 0 Å². The van der Waals surface area contributed by atoms with Crippen molar-refractivity contribution >= 4 is 5.69 Å². The highest BCUT2D eigenvalue weighted by Gasteiger charge is 2.34. The number of pyridine rings is 1. The van der Waals surface area contributed by atoms with E-state index in [1.165, 1.54) is 19.2 Å². The third-order valence-corrected chi connectivity index (χ3v) is 3.84. The Morgan fingerprint density at radius 3 is 2.22 bits per heavy atom. The molecule has 1 aromatic carbocycles. The number of nitrogens with one attached hydrogen (secondary N) is 1. The monoisotopic (exact) mass is 386 g/mol. The molecule has 0 radical (unpaired) electrons. The molecule has 142 valence electrons. The van der Waals surface area contributed by atoms with Crippen molar-refractivity contribution in [3.63, 3.8) is 0 Å². The summed E-state index contributed by atoms with van der Waals surface area (Å²) in [4.78, 5) is 3.35. The van der Waals surface area contributed by atoms with E-state index in [4.69, 9.17) is 0 Å². The standard InChI is InChI=1S/C17H12F6N4/c1-27-15(5-16(26-27)17(21,22)23)9-2-3-14(11(18)4-9)25-6-10-12(19)7-24-8-13(10)20/h2-5,7-8,25H,6H2,1H3. The van der Waals surface area contributed by atoms with Crippen LogP contribution in [0.25, 0.3) is 11.3 Å². The first-order valence-corrected chi connectivity index (χ1v) is 7.59. The Hall–Kier alpha value is -3.04. The van der Waals surface area contributed by atoms with Gasteiger partial charge in [0.15, 0.2) is 5.69 Å². The molecule has 0 aliphatic rings. The lowest BCUT2D eigenvalue weighted by Gasteiger charge is -2.10. The lowest BCUT2D eigenvalue weighted by atomic mass is 10.1. The Morgan fingerprint density at radius 2 is 1.67 bits per heavy atom. The van der Waals surface area contributed by atoms with Crippen LogP contribution < -0.4 is 5.32 Å². The second-order valence-corrected chi connectivity index (χ2v) is 5.67. The van der Waals surface area contributed by atoms with Gasteiger partial charge < -0.3 is 5.32 Å². The molecule has 0 spiro atoms. The Balaban J connectivity index is 1.83. The molecule has 3 rings (SSSR count). The van der Waals surface area contributed by atoms with Gasteiger partial charge in [0.1, 0.15) is 17.5 Å². The number of alkyl halides is 3. The highest BCUT2D eigenvalue weighted by molar-refractivity contribution is 5.64. The molecular formula is C17H12F6N4. The summed E-state index contributed by atoms with van der Waals surface area (Å²) in [6.07, 6.45) is -2.95. The molecule has 1 N–H and O–H groups in total. The predicted octanol–water partition coefficient (Wildman–Crippen LogP) is 4.53. The average Bonchev–Trinajstić information content (AvgIpc) is 2.98. The fraction of sp³-hybridized carbons (Fsp3) is 0.176. The summed E-state index contributed by atoms with van der Waals surface area (Å²) >= 11 is 0. The molecular weight excluding hydrogens is 374 g/mol. The molecule has 0 amide bonds. The third-order valence-electron chi connectivity index (χ3n) is 3.84. The van der Waals surface area contributed by atoms with Gasteiger partial charge in [-0.3, -0.25) is 9.67 Å². The van der Waals surface area contributed by atoms with Crippen molar-refractivity contribution in [2.24, 2.45) is 7.05 Å². The number of aryl methyl sites for hydroxylation is 1. The molecule has 3 aromatic rings. The van der Waals surface area contributed by atoms with Gasteiger partial charge in [0, 0.05) is 24.7 Å². The molecule has 2 heterocycles. The molecule has 4 nitrogen and oxygen atoms in total. The highest BCUT2D eigenvalue weighted by Crippen LogP contribution is 2.32. The average molecular weight is 386 g/mol. The molecule has 0 saturated carbocycles. The van der Waals surface area contributed by atoms with Crippen molar-refractivity contribution in [3.05, 3.63) is 65.4 Å². The van der Waals surface area contributed by atoms with E-state index in [9.17, 15) is 26.3 Å². The van der Waals surface area contributed by atoms with Crippen molar-refractivity contribution in [1.29, 1.82) is 0 Å². The SMILES string of the molecule is Cn1nc(C(F)(F)F)cc1-c1ccc(NCc2c(F)cncc2F)c(F)c1. The molecule has 0 atom stereocenters. The number of anilines is 1. The molecule has 0 aliphatic carbocycles. The molecule has 0 fully saturated rings. The van der Waals surface area contributed by atoms with Crippen LogP contribution >= 0.6 is 0 Å². The zero-order valence-electron chi connectivity index (χ0n) is 13.8. The minimum absolute atomic E-state index is 0.0624. The van der Waals surface area contributed by atoms with Crippen LogP contribution in [0.3, 0.4) is 0 Å². The maximum Gasteiger partial charge on any atom is 0.435 e. The molecule has 0 bridgehead atoms. The molecule has 27 heavy (non-hydrogen) atoms. The molecule has 0 unspecified atom stereocenters. The predicted molar refractivity (Wildman–Crippen MR) is 85.1 cm³/mol. The van der Waals surface area contributed by atoms with Crippen LogP contribution in [0.1, 0.15) is 11.3 Å². The topological polar surface area (TPSA) is 42.7 Å². The van der Waals surface area contributed by atoms with Crippen LogP contribution in [-0.2, 0) is 19.8 Å². The summed E-state index contributed by atoms with van der Waals surface area (Å²) in [5.74, 6) is -2.56. The summed E-state index contributed by atoms with van der Waals surface area (Å²) in [5, 5.41) is 5.92. The summed E-state index contributed by atoms with van der Waals surface area (Å²) in [6, 6.07) is 4.46. The minimum atomic E-state index is -4.62. The normalized spacial score (nSPS) is 11.7. The molecule has 10 heteroatoms. The fourth-order valence-electron chi connectivity index (χ4n) is 2.48. The van der Waals surface area contributed by atoms with E-state index in [1.54, 1.807) is 0 Å². The highest BCUT2D eigenvalue weighted by atomic mass is 19.4. The zero-order chi connectivity index (χ0) is 19.8. The molecule has 0 saturated heterocycles. The Morgan fingerprint density at radius 1 is 1.00 bits per heavy atom. The van der Waals surface area contributed by atoms with Crippen LogP contribution in [0.15, 0.2) is 36.7 Å². The third kappa shape index (κ3) is 3.88. The number of aromatic nitrogens is 3. The second kappa shape index (κ2) is 6.93. The van der Waals surface area contributed by atoms with E-state index in [0.717, 1.165) is 29.2 Å². The number of benzene rings is 1. The van der Waals surface area contributed by atoms with Crippen LogP contribution in [0.2, 0.25) is 0 Å². The van der Waals surface area contributed by atoms with E-state index < -0.39 is 29.3 Å². The number of rotatable bonds is 4. The van der Waals surface area contributed by atoms with Gasteiger partial charge in [-0.15, -0.1) is 0 Å². The first-order valence-electron chi connectivity index (χ1n) is 7.59. The zero-order valence-corrected chi connectivity index (χ0v) is 13.8. The molecule has 0 aliphatic heterocycles. The maximum atomic E-state index is 14.3. The smallest absolute Gasteiger partial charge is 0.378 e. The van der Waals surface area contributed by atoms with Crippen molar-refractivity contribution in [3.8, 4) is 11.3 Å². The van der Waals surface area contributed by atoms with Gasteiger partial charge in [-0.25, -0.2) is 13.2 Å². The van der Waals surface area contributed by atoms with Crippen LogP contribution in [0.4, 0.5) is 32.0 Å². The summed E-state index contributed by atoms with van der Waals surface area (Å²) in [6.45, 7) is -0.333. The molecule has 2 aromatic heterocycles. The van der Waals surface area contributed by atoms with Gasteiger partial charge in [0.2, 0.25) is 0 Å². The van der Waals surface area contributed by atoms with Crippen LogP contribution in [0.5, 0.6) is 0 Å². The van der Waals surface area contributed by atoms with Gasteiger partial charge >= 0.3 is 6.18 Å². The fourth-order valence-corrected chi connectivity index (χ4v) is 2.48. The van der Waals surface area contributed by atoms with E-state index >= 15 is 0 Å². The van der Waals surface area contributed by atoms with Crippen molar-refractivity contribution < 1.29 is 26.3 Å². The number of hydrogen-bond acceptors (Lipinski definition) is 3. The summed E-state index contributed by atoms with van der Waals surface area (Å²) in [5.41, 5.74) is -1.22. The number of hydrogen-bond donors (Lipinski definition) is 1. The first-order chi connectivity index (χ1) is 12.7. The van der Waals surface area contributed by atoms with Crippen molar-refractivity contribution in [1.82, 2.24) is 14.8 Å². The van der Waals surface area contributed by atoms with E-state index in [-0.39, 0.29) is 29.1 Å². The van der Waals surface area contributed by atoms with E-state index in [2.05, 4.69) is 15.4 Å². The van der Waals surface area contributed by atoms with Crippen molar-refractivity contribution in [2.45, 2.75) is 12.7 Å². The van der Waals surface area contributed by atoms with Gasteiger partial charge in [-0.1, -0.05) is 6.07 Å². The second-order valence-electron chi connectivity index (χ2n) is 5.67. The van der Waals surface area contributed by atoms with Crippen LogP contribution in [-0.4, -0.2) is 14.8 Å². The summed E-state index contributed by atoms with van der Waals surface area (Å²) in [7, 11) is 1.31. The lowest BCUT2D eigenvalue weighted by molar-refractivity contribution is -0.141. The number of nitrogens with zero attached hydrogens (tertiary/aromatic N) is 3. The van der Waals surface area contributed by atoms with Gasteiger partial charge in [0.05, 0.1) is 23.8 Å². The van der Waals surface area contributed by atoms with Gasteiger partial charge in [-0.2, -0.15) is 18.3 Å². The lowest BCUT2D eigenvalue weighted by Crippen LogP contribution is -2.06. The Labute approximate surface area is 149 Å². The largest absolute Gasteiger partial charge is 0.435 e. The summed E-state index contributed by atoms with van der Waals surface area (Å²) < 4.78 is 80.6. The van der Waals surface area contributed by atoms with Gasteiger partial charge in [-0.05, 0) is 18.2 Å². The quantitative estimate of drug-likeness (QED) is 0.670.